The molecule has 1 aromatic carbocycles. The maximum Gasteiger partial charge on any atom is 0.232 e. The van der Waals surface area contributed by atoms with E-state index in [1.165, 1.54) is 6.21 Å². The van der Waals surface area contributed by atoms with Crippen molar-refractivity contribution >= 4 is 23.8 Å². The van der Waals surface area contributed by atoms with Gasteiger partial charge in [0.1, 0.15) is 0 Å². The number of halogens is 1. The smallest absolute Gasteiger partial charge is 0.232 e. The Morgan fingerprint density at radius 3 is 2.56 bits per heavy atom. The lowest BCUT2D eigenvalue weighted by atomic mass is 10.2. The molecule has 7 nitrogen and oxygen atoms in total. The molecule has 86 valence electrons. The van der Waals surface area contributed by atoms with E-state index in [9.17, 15) is 0 Å². The minimum Gasteiger partial charge on any atom is -0.367 e. The van der Waals surface area contributed by atoms with Gasteiger partial charge in [-0.1, -0.05) is 23.7 Å². The fourth-order valence-corrected chi connectivity index (χ4v) is 0.957. The molecule has 0 fully saturated rings. The van der Waals surface area contributed by atoms with Gasteiger partial charge in [-0.25, -0.2) is 5.43 Å². The summed E-state index contributed by atoms with van der Waals surface area (Å²) in [6, 6.07) is 6.90. The van der Waals surface area contributed by atoms with Gasteiger partial charge in [0.25, 0.3) is 0 Å². The number of hydrazine groups is 1. The quantitative estimate of drug-likeness (QED) is 0.353. The maximum atomic E-state index is 8.32. The van der Waals surface area contributed by atoms with Gasteiger partial charge in [-0.15, -0.1) is 5.10 Å². The van der Waals surface area contributed by atoms with Gasteiger partial charge in [-0.05, 0) is 17.7 Å². The van der Waals surface area contributed by atoms with E-state index < -0.39 is 0 Å². The first-order valence-corrected chi connectivity index (χ1v) is 4.52. The van der Waals surface area contributed by atoms with Gasteiger partial charge in [-0.3, -0.25) is 10.4 Å². The van der Waals surface area contributed by atoms with Crippen molar-refractivity contribution in [2.24, 2.45) is 15.9 Å². The Balaban J connectivity index is 2.57. The van der Waals surface area contributed by atoms with Crippen molar-refractivity contribution < 1.29 is 10.4 Å². The summed E-state index contributed by atoms with van der Waals surface area (Å²) < 4.78 is 0. The van der Waals surface area contributed by atoms with Crippen molar-refractivity contribution in [2.45, 2.75) is 0 Å². The van der Waals surface area contributed by atoms with E-state index in [4.69, 9.17) is 27.7 Å². The van der Waals surface area contributed by atoms with Crippen LogP contribution in [0.2, 0.25) is 5.02 Å². The summed E-state index contributed by atoms with van der Waals surface area (Å²) in [5, 5.41) is 24.0. The fourth-order valence-electron chi connectivity index (χ4n) is 0.831. The highest BCUT2D eigenvalue weighted by Gasteiger charge is 1.93. The first kappa shape index (κ1) is 12.4. The Morgan fingerprint density at radius 2 is 2.00 bits per heavy atom. The number of rotatable bonds is 3. The molecular formula is C8H10ClN5O2. The summed E-state index contributed by atoms with van der Waals surface area (Å²) in [5.41, 5.74) is 7.86. The van der Waals surface area contributed by atoms with Gasteiger partial charge < -0.3 is 5.73 Å². The zero-order valence-corrected chi connectivity index (χ0v) is 8.83. The van der Waals surface area contributed by atoms with Crippen LogP contribution in [0.4, 0.5) is 0 Å². The maximum absolute atomic E-state index is 8.32. The monoisotopic (exact) mass is 243 g/mol. The number of hydrogen-bond donors (Lipinski definition) is 4. The molecule has 0 aromatic heterocycles. The van der Waals surface area contributed by atoms with E-state index in [1.807, 2.05) is 5.43 Å². The Hall–Kier alpha value is -1.67. The lowest BCUT2D eigenvalue weighted by Crippen LogP contribution is -2.41. The normalized spacial score (nSPS) is 12.4. The molecule has 8 heteroatoms. The zero-order valence-electron chi connectivity index (χ0n) is 8.08. The largest absolute Gasteiger partial charge is 0.367 e. The van der Waals surface area contributed by atoms with Gasteiger partial charge in [0.15, 0.2) is 0 Å². The highest BCUT2D eigenvalue weighted by molar-refractivity contribution is 6.30. The molecule has 0 heterocycles. The van der Waals surface area contributed by atoms with Crippen LogP contribution in [-0.4, -0.2) is 27.9 Å². The van der Waals surface area contributed by atoms with Crippen molar-refractivity contribution in [3.05, 3.63) is 34.9 Å². The first-order valence-electron chi connectivity index (χ1n) is 4.14. The highest BCUT2D eigenvalue weighted by atomic mass is 35.5. The molecule has 0 unspecified atom stereocenters. The van der Waals surface area contributed by atoms with Gasteiger partial charge in [-0.2, -0.15) is 5.10 Å². The third-order valence-corrected chi connectivity index (χ3v) is 1.71. The second-order valence-electron chi connectivity index (χ2n) is 2.68. The Kier molecular flexibility index (Phi) is 4.67. The SMILES string of the molecule is NC(=NN=Cc1ccc(Cl)cc1)NN(O)O. The topological polar surface area (TPSA) is 106 Å². The van der Waals surface area contributed by atoms with Gasteiger partial charge in [0.05, 0.1) is 6.21 Å². The predicted molar refractivity (Wildman–Crippen MR) is 59.2 cm³/mol. The van der Waals surface area contributed by atoms with E-state index in [2.05, 4.69) is 10.2 Å². The second kappa shape index (κ2) is 6.03. The highest BCUT2D eigenvalue weighted by Crippen LogP contribution is 2.07. The summed E-state index contributed by atoms with van der Waals surface area (Å²) >= 11 is 5.69. The molecule has 16 heavy (non-hydrogen) atoms. The van der Waals surface area contributed by atoms with E-state index >= 15 is 0 Å². The lowest BCUT2D eigenvalue weighted by Gasteiger charge is -2.05. The fraction of sp³-hybridized carbons (Fsp3) is 0. The van der Waals surface area contributed by atoms with E-state index in [-0.39, 0.29) is 11.3 Å². The minimum atomic E-state index is -0.323. The van der Waals surface area contributed by atoms with E-state index in [1.54, 1.807) is 24.3 Å². The van der Waals surface area contributed by atoms with Crippen LogP contribution in [0.15, 0.2) is 34.5 Å². The molecule has 0 atom stereocenters. The van der Waals surface area contributed by atoms with Crippen molar-refractivity contribution in [2.75, 3.05) is 0 Å². The van der Waals surface area contributed by atoms with Crippen LogP contribution >= 0.6 is 11.6 Å². The molecule has 0 amide bonds. The Morgan fingerprint density at radius 1 is 1.38 bits per heavy atom. The van der Waals surface area contributed by atoms with E-state index in [0.717, 1.165) is 5.56 Å². The molecular weight excluding hydrogens is 234 g/mol. The first-order chi connectivity index (χ1) is 7.58. The van der Waals surface area contributed by atoms with Crippen LogP contribution in [0.3, 0.4) is 0 Å². The molecule has 0 aliphatic heterocycles. The molecule has 0 bridgehead atoms. The Labute approximate surface area is 96.3 Å². The average molecular weight is 244 g/mol. The minimum absolute atomic E-state index is 0.268. The van der Waals surface area contributed by atoms with E-state index in [0.29, 0.717) is 5.02 Å². The van der Waals surface area contributed by atoms with Crippen LogP contribution in [0, 0.1) is 0 Å². The molecule has 0 radical (unpaired) electrons. The zero-order chi connectivity index (χ0) is 12.0. The summed E-state index contributed by atoms with van der Waals surface area (Å²) in [5.74, 6) is -0.268. The summed E-state index contributed by atoms with van der Waals surface area (Å²) in [7, 11) is 0. The van der Waals surface area contributed by atoms with Gasteiger partial charge in [0.2, 0.25) is 5.96 Å². The predicted octanol–water partition coefficient (Wildman–Crippen LogP) is 0.574. The Bertz CT molecular complexity index is 390. The standard InChI is InChI=1S/C8H10ClN5O2/c9-7-3-1-6(2-4-7)5-11-12-8(10)13-14(15)16/h1-5,15-16H,(H3,10,12,13). The number of nitrogens with one attached hydrogen (secondary N) is 1. The molecule has 1 rings (SSSR count). The van der Waals surface area contributed by atoms with Crippen LogP contribution in [-0.2, 0) is 0 Å². The number of benzene rings is 1. The molecule has 0 aliphatic carbocycles. The molecule has 1 aromatic rings. The van der Waals surface area contributed by atoms with Crippen molar-refractivity contribution in [1.82, 2.24) is 10.8 Å². The third kappa shape index (κ3) is 4.71. The van der Waals surface area contributed by atoms with Crippen LogP contribution in [0.25, 0.3) is 0 Å². The average Bonchev–Trinajstić information content (AvgIpc) is 2.20. The molecule has 0 saturated carbocycles. The van der Waals surface area contributed by atoms with Gasteiger partial charge >= 0.3 is 0 Å². The number of nitrogens with two attached hydrogens (primary N) is 1. The second-order valence-corrected chi connectivity index (χ2v) is 3.12. The molecule has 0 spiro atoms. The number of nitrogens with zero attached hydrogens (tertiary/aromatic N) is 3. The van der Waals surface area contributed by atoms with Crippen molar-refractivity contribution in [1.29, 1.82) is 0 Å². The van der Waals surface area contributed by atoms with Crippen LogP contribution < -0.4 is 11.2 Å². The number of guanidine groups is 1. The molecule has 5 N–H and O–H groups in total. The lowest BCUT2D eigenvalue weighted by molar-refractivity contribution is -0.329. The summed E-state index contributed by atoms with van der Waals surface area (Å²) in [4.78, 5) is 0. The van der Waals surface area contributed by atoms with Crippen LogP contribution in [0.5, 0.6) is 0 Å². The van der Waals surface area contributed by atoms with Gasteiger partial charge in [0, 0.05) is 10.4 Å². The summed E-state index contributed by atoms with van der Waals surface area (Å²) in [6.07, 6.45) is 1.43. The van der Waals surface area contributed by atoms with Crippen molar-refractivity contribution in [3.63, 3.8) is 0 Å². The van der Waals surface area contributed by atoms with Crippen molar-refractivity contribution in [3.8, 4) is 0 Å². The molecule has 0 aliphatic rings. The number of hydrogen-bond acceptors (Lipinski definition) is 5. The summed E-state index contributed by atoms with van der Waals surface area (Å²) in [6.45, 7) is 0. The molecule has 0 saturated heterocycles. The third-order valence-electron chi connectivity index (χ3n) is 1.46. The van der Waals surface area contributed by atoms with Crippen LogP contribution in [0.1, 0.15) is 5.56 Å².